The topological polar surface area (TPSA) is 39.4 Å². The molecule has 3 aromatic carbocycles. The Morgan fingerprint density at radius 2 is 1.46 bits per heavy atom. The predicted molar refractivity (Wildman–Crippen MR) is 106 cm³/mol. The van der Waals surface area contributed by atoms with Crippen LogP contribution in [0.4, 0.5) is 0 Å². The third-order valence-corrected chi connectivity index (χ3v) is 6.45. The van der Waals surface area contributed by atoms with Gasteiger partial charge in [-0.1, -0.05) is 0 Å². The number of para-hydroxylation sites is 1. The van der Waals surface area contributed by atoms with Gasteiger partial charge in [0.05, 0.1) is 0 Å². The van der Waals surface area contributed by atoms with Crippen LogP contribution in [0.1, 0.15) is 0 Å². The van der Waals surface area contributed by atoms with E-state index in [9.17, 15) is 4.79 Å². The van der Waals surface area contributed by atoms with Crippen LogP contribution in [0.5, 0.6) is 5.75 Å². The van der Waals surface area contributed by atoms with Crippen molar-refractivity contribution >= 4 is 34.7 Å². The number of ether oxygens (including phenoxy) is 1. The first-order chi connectivity index (χ1) is 12.8. The van der Waals surface area contributed by atoms with Crippen LogP contribution in [0.2, 0.25) is 0 Å². The Morgan fingerprint density at radius 3 is 2.23 bits per heavy atom. The Hall–Kier alpha value is -2.81. The van der Waals surface area contributed by atoms with Gasteiger partial charge in [0.1, 0.15) is 0 Å². The van der Waals surface area contributed by atoms with Gasteiger partial charge in [-0.05, 0) is 0 Å². The molecule has 1 aromatic heterocycles. The molecule has 4 aromatic rings. The van der Waals surface area contributed by atoms with E-state index in [1.54, 1.807) is 7.11 Å². The molecule has 0 amide bonds. The van der Waals surface area contributed by atoms with Crippen LogP contribution in [0.15, 0.2) is 88.1 Å². The van der Waals surface area contributed by atoms with Crippen molar-refractivity contribution in [3.63, 3.8) is 0 Å². The minimum absolute atomic E-state index is 0.0196. The second kappa shape index (κ2) is 7.20. The molecule has 0 bridgehead atoms. The zero-order valence-corrected chi connectivity index (χ0v) is 15.9. The fourth-order valence-electron chi connectivity index (χ4n) is 2.89. The van der Waals surface area contributed by atoms with Crippen LogP contribution in [0.25, 0.3) is 22.1 Å². The predicted octanol–water partition coefficient (Wildman–Crippen LogP) is 3.12. The van der Waals surface area contributed by atoms with Crippen LogP contribution < -0.4 is 19.3 Å². The maximum atomic E-state index is 12.6. The third kappa shape index (κ3) is 3.05. The van der Waals surface area contributed by atoms with Gasteiger partial charge in [0.25, 0.3) is 0 Å². The molecular formula is C22H16O3Se. The van der Waals surface area contributed by atoms with E-state index < -0.39 is 0 Å². The molecule has 4 heteroatoms. The molecule has 0 saturated heterocycles. The van der Waals surface area contributed by atoms with Gasteiger partial charge in [-0.2, -0.15) is 0 Å². The van der Waals surface area contributed by atoms with Crippen molar-refractivity contribution in [2.24, 2.45) is 0 Å². The number of benzene rings is 3. The zero-order chi connectivity index (χ0) is 17.9. The Labute approximate surface area is 157 Å². The molecular weight excluding hydrogens is 391 g/mol. The molecule has 0 aliphatic heterocycles. The van der Waals surface area contributed by atoms with E-state index in [4.69, 9.17) is 9.15 Å². The Bertz CT molecular complexity index is 1120. The van der Waals surface area contributed by atoms with Crippen LogP contribution in [-0.2, 0) is 0 Å². The summed E-state index contributed by atoms with van der Waals surface area (Å²) >= 11 is -0.0196. The van der Waals surface area contributed by atoms with Gasteiger partial charge >= 0.3 is 157 Å². The summed E-state index contributed by atoms with van der Waals surface area (Å²) in [6.07, 6.45) is 0. The summed E-state index contributed by atoms with van der Waals surface area (Å²) in [4.78, 5) is 12.6. The average Bonchev–Trinajstić information content (AvgIpc) is 2.71. The van der Waals surface area contributed by atoms with E-state index in [0.29, 0.717) is 16.9 Å². The van der Waals surface area contributed by atoms with Crippen LogP contribution >= 0.6 is 0 Å². The number of fused-ring (bicyclic) bond motifs is 1. The van der Waals surface area contributed by atoms with Crippen molar-refractivity contribution in [1.29, 1.82) is 0 Å². The summed E-state index contributed by atoms with van der Waals surface area (Å²) in [6, 6.07) is 25.5. The first-order valence-electron chi connectivity index (χ1n) is 8.20. The fourth-order valence-corrected chi connectivity index (χ4v) is 5.12. The second-order valence-corrected chi connectivity index (χ2v) is 7.98. The second-order valence-electron chi connectivity index (χ2n) is 5.71. The molecule has 1 heterocycles. The average molecular weight is 407 g/mol. The summed E-state index contributed by atoms with van der Waals surface area (Å²) in [5, 5.41) is 1.55. The standard InChI is InChI=1S/C22H16O3Se/c1-24-19-14-8-7-13-18(19)20-21(26-15-9-3-2-4-10-15)16-11-5-6-12-17(16)22(23)25-20/h2-14H,1H3. The van der Waals surface area contributed by atoms with Gasteiger partial charge < -0.3 is 0 Å². The SMILES string of the molecule is COc1ccccc1-c1oc(=O)c2ccccc2c1[Se]c1ccccc1. The molecule has 128 valence electrons. The van der Waals surface area contributed by atoms with Gasteiger partial charge in [-0.15, -0.1) is 0 Å². The normalized spacial score (nSPS) is 10.8. The number of hydrogen-bond donors (Lipinski definition) is 0. The van der Waals surface area contributed by atoms with Crippen molar-refractivity contribution in [2.75, 3.05) is 7.11 Å². The molecule has 0 aliphatic rings. The Kier molecular flexibility index (Phi) is 4.61. The van der Waals surface area contributed by atoms with E-state index in [1.165, 1.54) is 4.46 Å². The molecule has 0 unspecified atom stereocenters. The van der Waals surface area contributed by atoms with E-state index in [0.717, 1.165) is 15.4 Å². The molecule has 26 heavy (non-hydrogen) atoms. The maximum absolute atomic E-state index is 12.6. The van der Waals surface area contributed by atoms with E-state index in [1.807, 2.05) is 66.7 Å². The first-order valence-corrected chi connectivity index (χ1v) is 9.91. The molecule has 0 saturated carbocycles. The van der Waals surface area contributed by atoms with Crippen LogP contribution in [-0.4, -0.2) is 22.1 Å². The summed E-state index contributed by atoms with van der Waals surface area (Å²) in [5.41, 5.74) is 0.472. The van der Waals surface area contributed by atoms with Crippen molar-refractivity contribution in [3.8, 4) is 17.1 Å². The molecule has 0 aliphatic carbocycles. The van der Waals surface area contributed by atoms with E-state index >= 15 is 0 Å². The number of methoxy groups -OCH3 is 1. The molecule has 0 N–H and O–H groups in total. The van der Waals surface area contributed by atoms with Crippen LogP contribution in [0, 0.1) is 0 Å². The quantitative estimate of drug-likeness (QED) is 0.488. The first kappa shape index (κ1) is 16.6. The summed E-state index contributed by atoms with van der Waals surface area (Å²) in [5.74, 6) is 1.28. The number of hydrogen-bond acceptors (Lipinski definition) is 3. The monoisotopic (exact) mass is 408 g/mol. The van der Waals surface area contributed by atoms with E-state index in [2.05, 4.69) is 12.1 Å². The zero-order valence-electron chi connectivity index (χ0n) is 14.1. The van der Waals surface area contributed by atoms with Crippen molar-refractivity contribution < 1.29 is 9.15 Å². The molecule has 0 radical (unpaired) electrons. The van der Waals surface area contributed by atoms with E-state index in [-0.39, 0.29) is 20.6 Å². The van der Waals surface area contributed by atoms with Crippen molar-refractivity contribution in [2.45, 2.75) is 0 Å². The molecule has 4 rings (SSSR count). The van der Waals surface area contributed by atoms with Gasteiger partial charge in [-0.3, -0.25) is 0 Å². The molecule has 0 spiro atoms. The van der Waals surface area contributed by atoms with Crippen molar-refractivity contribution in [1.82, 2.24) is 0 Å². The van der Waals surface area contributed by atoms with Gasteiger partial charge in [0.2, 0.25) is 0 Å². The fraction of sp³-hybridized carbons (Fsp3) is 0.0455. The molecule has 0 fully saturated rings. The molecule has 3 nitrogen and oxygen atoms in total. The molecule has 0 atom stereocenters. The minimum atomic E-state index is -0.325. The van der Waals surface area contributed by atoms with Crippen LogP contribution in [0.3, 0.4) is 0 Å². The van der Waals surface area contributed by atoms with Gasteiger partial charge in [0, 0.05) is 0 Å². The number of rotatable bonds is 4. The van der Waals surface area contributed by atoms with Crippen molar-refractivity contribution in [3.05, 3.63) is 89.3 Å². The Morgan fingerprint density at radius 1 is 0.808 bits per heavy atom. The summed E-state index contributed by atoms with van der Waals surface area (Å²) in [7, 11) is 1.62. The summed E-state index contributed by atoms with van der Waals surface area (Å²) < 4.78 is 13.6. The van der Waals surface area contributed by atoms with Gasteiger partial charge in [0.15, 0.2) is 0 Å². The summed E-state index contributed by atoms with van der Waals surface area (Å²) in [6.45, 7) is 0. The third-order valence-electron chi connectivity index (χ3n) is 4.11. The van der Waals surface area contributed by atoms with Gasteiger partial charge in [-0.25, -0.2) is 0 Å². The Balaban J connectivity index is 2.03.